The number of halogens is 2. The number of aromatic nitrogens is 1. The normalized spacial score (nSPS) is 12.3. The van der Waals surface area contributed by atoms with Crippen LogP contribution < -0.4 is 10.2 Å². The molecule has 0 spiro atoms. The van der Waals surface area contributed by atoms with Crippen LogP contribution in [-0.2, 0) is 0 Å². The molecule has 1 aromatic heterocycles. The minimum atomic E-state index is -0.647. The molecule has 1 rings (SSSR count). The highest BCUT2D eigenvalue weighted by atomic mass is 19.1. The van der Waals surface area contributed by atoms with Gasteiger partial charge in [0.25, 0.3) is 0 Å². The molecule has 1 heterocycles. The van der Waals surface area contributed by atoms with E-state index in [2.05, 4.69) is 24.1 Å². The molecule has 0 amide bonds. The summed E-state index contributed by atoms with van der Waals surface area (Å²) in [6.07, 6.45) is 1.87. The summed E-state index contributed by atoms with van der Waals surface area (Å²) in [7, 11) is 1.78. The molecule has 0 aromatic carbocycles. The van der Waals surface area contributed by atoms with Crippen molar-refractivity contribution >= 4 is 11.6 Å². The van der Waals surface area contributed by atoms with E-state index in [4.69, 9.17) is 0 Å². The average molecular weight is 271 g/mol. The van der Waals surface area contributed by atoms with E-state index in [1.807, 2.05) is 6.92 Å². The summed E-state index contributed by atoms with van der Waals surface area (Å²) < 4.78 is 27.3. The lowest BCUT2D eigenvalue weighted by atomic mass is 10.1. The predicted octanol–water partition coefficient (Wildman–Crippen LogP) is 3.66. The van der Waals surface area contributed by atoms with Crippen LogP contribution in [0.15, 0.2) is 6.07 Å². The van der Waals surface area contributed by atoms with Gasteiger partial charge in [0, 0.05) is 26.2 Å². The lowest BCUT2D eigenvalue weighted by Crippen LogP contribution is -2.26. The van der Waals surface area contributed by atoms with Crippen molar-refractivity contribution in [3.8, 4) is 0 Å². The largest absolute Gasteiger partial charge is 0.368 e. The van der Waals surface area contributed by atoms with Gasteiger partial charge in [-0.1, -0.05) is 27.2 Å². The van der Waals surface area contributed by atoms with E-state index in [1.165, 1.54) is 0 Å². The van der Waals surface area contributed by atoms with Crippen molar-refractivity contribution in [1.82, 2.24) is 4.98 Å². The van der Waals surface area contributed by atoms with Crippen molar-refractivity contribution in [2.45, 2.75) is 33.6 Å². The Hall–Kier alpha value is -1.39. The molecule has 0 aliphatic carbocycles. The van der Waals surface area contributed by atoms with Crippen molar-refractivity contribution in [2.24, 2.45) is 5.92 Å². The molecule has 1 aromatic rings. The Balaban J connectivity index is 2.92. The van der Waals surface area contributed by atoms with Crippen LogP contribution in [0.3, 0.4) is 0 Å². The van der Waals surface area contributed by atoms with Gasteiger partial charge in [0.2, 0.25) is 0 Å². The molecule has 0 aliphatic rings. The van der Waals surface area contributed by atoms with E-state index in [0.29, 0.717) is 19.0 Å². The summed E-state index contributed by atoms with van der Waals surface area (Å²) in [5.74, 6) is -0.519. The number of nitrogens with zero attached hydrogens (tertiary/aromatic N) is 2. The summed E-state index contributed by atoms with van der Waals surface area (Å²) in [4.78, 5) is 5.80. The molecule has 1 N–H and O–H groups in total. The van der Waals surface area contributed by atoms with Crippen LogP contribution in [0.4, 0.5) is 20.4 Å². The molecule has 5 heteroatoms. The number of rotatable bonds is 7. The van der Waals surface area contributed by atoms with Gasteiger partial charge in [-0.25, -0.2) is 13.8 Å². The van der Waals surface area contributed by atoms with Gasteiger partial charge in [0.15, 0.2) is 23.3 Å². The molecule has 1 unspecified atom stereocenters. The zero-order chi connectivity index (χ0) is 14.4. The van der Waals surface area contributed by atoms with Gasteiger partial charge in [-0.3, -0.25) is 0 Å². The first-order chi connectivity index (χ1) is 8.99. The van der Waals surface area contributed by atoms with Gasteiger partial charge in [-0.15, -0.1) is 0 Å². The van der Waals surface area contributed by atoms with Crippen molar-refractivity contribution in [3.05, 3.63) is 17.7 Å². The van der Waals surface area contributed by atoms with Gasteiger partial charge in [-0.2, -0.15) is 0 Å². The lowest BCUT2D eigenvalue weighted by Gasteiger charge is -2.23. The van der Waals surface area contributed by atoms with E-state index in [0.717, 1.165) is 18.9 Å². The quantitative estimate of drug-likeness (QED) is 0.820. The zero-order valence-electron chi connectivity index (χ0n) is 12.1. The maximum Gasteiger partial charge on any atom is 0.168 e. The smallest absolute Gasteiger partial charge is 0.168 e. The van der Waals surface area contributed by atoms with Crippen LogP contribution in [0, 0.1) is 17.6 Å². The number of pyridine rings is 1. The van der Waals surface area contributed by atoms with E-state index >= 15 is 0 Å². The fourth-order valence-electron chi connectivity index (χ4n) is 1.78. The van der Waals surface area contributed by atoms with Crippen LogP contribution in [0.5, 0.6) is 0 Å². The second-order valence-corrected chi connectivity index (χ2v) is 4.94. The van der Waals surface area contributed by atoms with Gasteiger partial charge in [0.1, 0.15) is 0 Å². The van der Waals surface area contributed by atoms with E-state index in [-0.39, 0.29) is 11.6 Å². The molecule has 0 bridgehead atoms. The molecular formula is C14H23F2N3. The van der Waals surface area contributed by atoms with Crippen LogP contribution in [0.1, 0.15) is 33.6 Å². The first-order valence-electron chi connectivity index (χ1n) is 6.80. The third-order valence-electron chi connectivity index (χ3n) is 3.10. The number of hydrogen-bond donors (Lipinski definition) is 1. The maximum absolute atomic E-state index is 13.8. The number of hydrogen-bond acceptors (Lipinski definition) is 3. The molecular weight excluding hydrogens is 248 g/mol. The highest BCUT2D eigenvalue weighted by Gasteiger charge is 2.16. The molecule has 108 valence electrons. The Labute approximate surface area is 114 Å². The van der Waals surface area contributed by atoms with Crippen molar-refractivity contribution in [2.75, 3.05) is 30.4 Å². The summed E-state index contributed by atoms with van der Waals surface area (Å²) in [5, 5.41) is 2.87. The Morgan fingerprint density at radius 3 is 2.58 bits per heavy atom. The molecule has 1 atom stereocenters. The SMILES string of the molecule is CCCNc1nc(N(C)CC(C)CC)c(F)cc1F. The zero-order valence-corrected chi connectivity index (χ0v) is 12.1. The fourth-order valence-corrected chi connectivity index (χ4v) is 1.78. The Morgan fingerprint density at radius 1 is 1.32 bits per heavy atom. The van der Waals surface area contributed by atoms with Crippen molar-refractivity contribution in [3.63, 3.8) is 0 Å². The molecule has 0 aliphatic heterocycles. The summed E-state index contributed by atoms with van der Waals surface area (Å²) in [5.41, 5.74) is 0. The highest BCUT2D eigenvalue weighted by molar-refractivity contribution is 5.48. The van der Waals surface area contributed by atoms with Crippen LogP contribution >= 0.6 is 0 Å². The Morgan fingerprint density at radius 2 is 2.00 bits per heavy atom. The van der Waals surface area contributed by atoms with E-state index < -0.39 is 11.6 Å². The number of anilines is 2. The summed E-state index contributed by atoms with van der Waals surface area (Å²) in [6.45, 7) is 7.46. The van der Waals surface area contributed by atoms with Gasteiger partial charge >= 0.3 is 0 Å². The monoisotopic (exact) mass is 271 g/mol. The first-order valence-corrected chi connectivity index (χ1v) is 6.80. The van der Waals surface area contributed by atoms with Gasteiger partial charge in [-0.05, 0) is 12.3 Å². The third kappa shape index (κ3) is 4.33. The third-order valence-corrected chi connectivity index (χ3v) is 3.10. The van der Waals surface area contributed by atoms with E-state index in [9.17, 15) is 8.78 Å². The van der Waals surface area contributed by atoms with E-state index in [1.54, 1.807) is 11.9 Å². The Kier molecular flexibility index (Phi) is 5.99. The minimum Gasteiger partial charge on any atom is -0.368 e. The average Bonchev–Trinajstić information content (AvgIpc) is 2.37. The van der Waals surface area contributed by atoms with Crippen LogP contribution in [-0.4, -0.2) is 25.1 Å². The minimum absolute atomic E-state index is 0.120. The number of nitrogens with one attached hydrogen (secondary N) is 1. The van der Waals surface area contributed by atoms with Crippen LogP contribution in [0.2, 0.25) is 0 Å². The molecule has 0 saturated carbocycles. The van der Waals surface area contributed by atoms with Gasteiger partial charge < -0.3 is 10.2 Å². The topological polar surface area (TPSA) is 28.2 Å². The first kappa shape index (κ1) is 15.7. The summed E-state index contributed by atoms with van der Waals surface area (Å²) >= 11 is 0. The Bertz CT molecular complexity index is 410. The molecule has 3 nitrogen and oxygen atoms in total. The molecule has 0 radical (unpaired) electrons. The second kappa shape index (κ2) is 7.26. The molecule has 0 saturated heterocycles. The second-order valence-electron chi connectivity index (χ2n) is 4.94. The highest BCUT2D eigenvalue weighted by Crippen LogP contribution is 2.22. The summed E-state index contributed by atoms with van der Waals surface area (Å²) in [6, 6.07) is 0.896. The molecule has 19 heavy (non-hydrogen) atoms. The fraction of sp³-hybridized carbons (Fsp3) is 0.643. The van der Waals surface area contributed by atoms with Crippen molar-refractivity contribution < 1.29 is 8.78 Å². The lowest BCUT2D eigenvalue weighted by molar-refractivity contribution is 0.538. The standard InChI is InChI=1S/C14H23F2N3/c1-5-7-17-13-11(15)8-12(16)14(18-13)19(4)9-10(3)6-2/h8,10H,5-7,9H2,1-4H3,(H,17,18). The van der Waals surface area contributed by atoms with Gasteiger partial charge in [0.05, 0.1) is 0 Å². The molecule has 0 fully saturated rings. The maximum atomic E-state index is 13.8. The van der Waals surface area contributed by atoms with Crippen LogP contribution in [0.25, 0.3) is 0 Å². The predicted molar refractivity (Wildman–Crippen MR) is 75.7 cm³/mol. The van der Waals surface area contributed by atoms with Crippen molar-refractivity contribution in [1.29, 1.82) is 0 Å².